The third kappa shape index (κ3) is 4.32. The Kier molecular flexibility index (Phi) is 4.96. The third-order valence-corrected chi connectivity index (χ3v) is 4.83. The maximum atomic E-state index is 12.2. The molecule has 3 rings (SSSR count). The molecule has 1 heterocycles. The predicted octanol–water partition coefficient (Wildman–Crippen LogP) is 1.10. The topological polar surface area (TPSA) is 52.7 Å². The molecule has 2 atom stereocenters. The van der Waals surface area contributed by atoms with Crippen molar-refractivity contribution in [3.8, 4) is 0 Å². The maximum Gasteiger partial charge on any atom is 0.242 e. The molecule has 0 radical (unpaired) electrons. The van der Waals surface area contributed by atoms with Gasteiger partial charge in [0.15, 0.2) is 0 Å². The van der Waals surface area contributed by atoms with Crippen LogP contribution < -0.4 is 5.32 Å². The minimum atomic E-state index is 0.0333. The van der Waals surface area contributed by atoms with E-state index in [4.69, 9.17) is 0 Å². The van der Waals surface area contributed by atoms with E-state index in [2.05, 4.69) is 41.4 Å². The summed E-state index contributed by atoms with van der Waals surface area (Å²) in [5.74, 6) is 0.678. The van der Waals surface area contributed by atoms with Crippen molar-refractivity contribution in [3.05, 3.63) is 35.9 Å². The lowest BCUT2D eigenvalue weighted by molar-refractivity contribution is -0.134. The molecule has 0 aromatic heterocycles. The van der Waals surface area contributed by atoms with Gasteiger partial charge in [-0.15, -0.1) is 0 Å². The van der Waals surface area contributed by atoms with Crippen molar-refractivity contribution in [1.82, 2.24) is 15.1 Å². The third-order valence-electron chi connectivity index (χ3n) is 4.83. The molecule has 1 aliphatic heterocycles. The largest absolute Gasteiger partial charge is 0.347 e. The van der Waals surface area contributed by atoms with Gasteiger partial charge in [-0.1, -0.05) is 37.3 Å². The molecule has 124 valence electrons. The number of nitrogens with zero attached hydrogens (tertiary/aromatic N) is 2. The van der Waals surface area contributed by atoms with E-state index in [0.717, 1.165) is 39.1 Å². The molecule has 0 spiro atoms. The summed E-state index contributed by atoms with van der Waals surface area (Å²) in [7, 11) is 0. The van der Waals surface area contributed by atoms with Gasteiger partial charge in [-0.25, -0.2) is 0 Å². The number of carbonyl (C=O) groups is 2. The smallest absolute Gasteiger partial charge is 0.242 e. The minimum Gasteiger partial charge on any atom is -0.347 e. The molecule has 1 N–H and O–H groups in total. The molecule has 2 aliphatic rings. The van der Waals surface area contributed by atoms with Crippen molar-refractivity contribution in [1.29, 1.82) is 0 Å². The lowest BCUT2D eigenvalue weighted by Crippen LogP contribution is -2.51. The zero-order chi connectivity index (χ0) is 16.2. The number of carbonyl (C=O) groups excluding carboxylic acids is 2. The Balaban J connectivity index is 1.38. The molecule has 2 amide bonds. The van der Waals surface area contributed by atoms with E-state index in [1.807, 2.05) is 11.0 Å². The first kappa shape index (κ1) is 16.0. The highest BCUT2D eigenvalue weighted by atomic mass is 16.2. The lowest BCUT2D eigenvalue weighted by atomic mass is 10.2. The molecular weight excluding hydrogens is 290 g/mol. The summed E-state index contributed by atoms with van der Waals surface area (Å²) >= 11 is 0. The Bertz CT molecular complexity index is 553. The molecule has 0 bridgehead atoms. The van der Waals surface area contributed by atoms with Crippen LogP contribution in [0, 0.1) is 11.8 Å². The van der Waals surface area contributed by atoms with Crippen molar-refractivity contribution in [3.63, 3.8) is 0 Å². The Labute approximate surface area is 137 Å². The summed E-state index contributed by atoms with van der Waals surface area (Å²) in [6.07, 6.45) is 0.957. The normalized spacial score (nSPS) is 24.3. The van der Waals surface area contributed by atoms with Gasteiger partial charge in [0.1, 0.15) is 0 Å². The molecule has 1 aromatic rings. The highest BCUT2D eigenvalue weighted by molar-refractivity contribution is 5.87. The van der Waals surface area contributed by atoms with E-state index in [-0.39, 0.29) is 24.3 Å². The summed E-state index contributed by atoms with van der Waals surface area (Å²) in [5, 5.41) is 2.78. The van der Waals surface area contributed by atoms with Gasteiger partial charge in [-0.2, -0.15) is 0 Å². The van der Waals surface area contributed by atoms with Crippen molar-refractivity contribution in [2.75, 3.05) is 32.7 Å². The second-order valence-corrected chi connectivity index (χ2v) is 6.68. The number of amides is 2. The minimum absolute atomic E-state index is 0.0333. The fourth-order valence-electron chi connectivity index (χ4n) is 3.09. The van der Waals surface area contributed by atoms with E-state index in [9.17, 15) is 9.59 Å². The van der Waals surface area contributed by atoms with Crippen molar-refractivity contribution in [2.24, 2.45) is 11.8 Å². The zero-order valence-electron chi connectivity index (χ0n) is 13.7. The van der Waals surface area contributed by atoms with Crippen LogP contribution in [0.4, 0.5) is 0 Å². The van der Waals surface area contributed by atoms with Gasteiger partial charge in [-0.3, -0.25) is 14.5 Å². The number of rotatable bonds is 5. The number of hydrogen-bond donors (Lipinski definition) is 1. The predicted molar refractivity (Wildman–Crippen MR) is 88.6 cm³/mol. The van der Waals surface area contributed by atoms with Crippen LogP contribution >= 0.6 is 0 Å². The summed E-state index contributed by atoms with van der Waals surface area (Å²) in [6, 6.07) is 10.4. The quantitative estimate of drug-likeness (QED) is 0.885. The van der Waals surface area contributed by atoms with Gasteiger partial charge in [0.05, 0.1) is 6.54 Å². The van der Waals surface area contributed by atoms with Crippen LogP contribution in [0.25, 0.3) is 0 Å². The van der Waals surface area contributed by atoms with Crippen molar-refractivity contribution in [2.45, 2.75) is 19.9 Å². The van der Waals surface area contributed by atoms with E-state index < -0.39 is 0 Å². The van der Waals surface area contributed by atoms with Gasteiger partial charge in [-0.05, 0) is 17.9 Å². The van der Waals surface area contributed by atoms with Gasteiger partial charge >= 0.3 is 0 Å². The SMILES string of the molecule is C[C@@H]1C[C@@H]1C(=O)NCC(=O)N1CCN(Cc2ccccc2)CC1. The first-order chi connectivity index (χ1) is 11.1. The Hall–Kier alpha value is -1.88. The number of nitrogens with one attached hydrogen (secondary N) is 1. The molecule has 1 saturated carbocycles. The Morgan fingerprint density at radius 2 is 1.78 bits per heavy atom. The van der Waals surface area contributed by atoms with Crippen LogP contribution in [0.15, 0.2) is 30.3 Å². The van der Waals surface area contributed by atoms with Crippen LogP contribution in [0.2, 0.25) is 0 Å². The summed E-state index contributed by atoms with van der Waals surface area (Å²) in [6.45, 7) is 6.38. The van der Waals surface area contributed by atoms with Crippen LogP contribution in [-0.2, 0) is 16.1 Å². The number of benzene rings is 1. The molecule has 2 fully saturated rings. The van der Waals surface area contributed by atoms with E-state index >= 15 is 0 Å². The van der Waals surface area contributed by atoms with E-state index in [1.54, 1.807) is 0 Å². The molecule has 1 saturated heterocycles. The molecule has 0 unspecified atom stereocenters. The fourth-order valence-corrected chi connectivity index (χ4v) is 3.09. The monoisotopic (exact) mass is 315 g/mol. The van der Waals surface area contributed by atoms with Crippen molar-refractivity contribution >= 4 is 11.8 Å². The van der Waals surface area contributed by atoms with Crippen LogP contribution in [0.5, 0.6) is 0 Å². The Morgan fingerprint density at radius 3 is 2.39 bits per heavy atom. The lowest BCUT2D eigenvalue weighted by Gasteiger charge is -2.34. The van der Waals surface area contributed by atoms with Gasteiger partial charge in [0.2, 0.25) is 11.8 Å². The van der Waals surface area contributed by atoms with E-state index in [0.29, 0.717) is 5.92 Å². The average molecular weight is 315 g/mol. The average Bonchev–Trinajstić information content (AvgIpc) is 3.31. The van der Waals surface area contributed by atoms with Gasteiger partial charge in [0.25, 0.3) is 0 Å². The Morgan fingerprint density at radius 1 is 1.13 bits per heavy atom. The molecule has 1 aliphatic carbocycles. The summed E-state index contributed by atoms with van der Waals surface area (Å²) < 4.78 is 0. The molecule has 1 aromatic carbocycles. The summed E-state index contributed by atoms with van der Waals surface area (Å²) in [5.41, 5.74) is 1.30. The number of hydrogen-bond acceptors (Lipinski definition) is 3. The number of piperazine rings is 1. The second-order valence-electron chi connectivity index (χ2n) is 6.68. The van der Waals surface area contributed by atoms with E-state index in [1.165, 1.54) is 5.56 Å². The van der Waals surface area contributed by atoms with Gasteiger partial charge < -0.3 is 10.2 Å². The van der Waals surface area contributed by atoms with Crippen LogP contribution in [0.1, 0.15) is 18.9 Å². The first-order valence-corrected chi connectivity index (χ1v) is 8.45. The molecule has 5 nitrogen and oxygen atoms in total. The maximum absolute atomic E-state index is 12.2. The molecule has 23 heavy (non-hydrogen) atoms. The summed E-state index contributed by atoms with van der Waals surface area (Å²) in [4.78, 5) is 28.2. The van der Waals surface area contributed by atoms with Crippen LogP contribution in [0.3, 0.4) is 0 Å². The standard InChI is InChI=1S/C18H25N3O2/c1-14-11-16(14)18(23)19-12-17(22)21-9-7-20(8-10-21)13-15-5-3-2-4-6-15/h2-6,14,16H,7-13H2,1H3,(H,19,23)/t14-,16+/m1/s1. The highest BCUT2D eigenvalue weighted by Gasteiger charge is 2.39. The zero-order valence-corrected chi connectivity index (χ0v) is 13.7. The molecule has 5 heteroatoms. The second kappa shape index (κ2) is 7.13. The highest BCUT2D eigenvalue weighted by Crippen LogP contribution is 2.37. The van der Waals surface area contributed by atoms with Gasteiger partial charge in [0, 0.05) is 38.6 Å². The fraction of sp³-hybridized carbons (Fsp3) is 0.556. The molecular formula is C18H25N3O2. The van der Waals surface area contributed by atoms with Crippen LogP contribution in [-0.4, -0.2) is 54.3 Å². The van der Waals surface area contributed by atoms with Crippen molar-refractivity contribution < 1.29 is 9.59 Å². The first-order valence-electron chi connectivity index (χ1n) is 8.45.